The number of carboxylic acids is 1. The number of carbonyl (C=O) groups is 2. The van der Waals surface area contributed by atoms with E-state index in [0.29, 0.717) is 12.8 Å². The van der Waals surface area contributed by atoms with Crippen molar-refractivity contribution in [1.82, 2.24) is 0 Å². The Morgan fingerprint density at radius 1 is 0.870 bits per heavy atom. The molecule has 0 aliphatic heterocycles. The van der Waals surface area contributed by atoms with Gasteiger partial charge in [-0.05, 0) is 25.3 Å². The second-order valence-corrected chi connectivity index (χ2v) is 5.59. The first kappa shape index (κ1) is 21.3. The number of hydrogen-bond donors (Lipinski definition) is 2. The maximum atomic E-state index is 11.6. The van der Waals surface area contributed by atoms with E-state index in [2.05, 4.69) is 0 Å². The number of hydrogen-bond acceptors (Lipinski definition) is 3. The van der Waals surface area contributed by atoms with Gasteiger partial charge in [0.2, 0.25) is 0 Å². The van der Waals surface area contributed by atoms with Crippen LogP contribution in [0, 0.1) is 0 Å². The number of aliphatic hydroxyl groups is 1. The summed E-state index contributed by atoms with van der Waals surface area (Å²) >= 11 is 0. The fourth-order valence-electron chi connectivity index (χ4n) is 1.99. The summed E-state index contributed by atoms with van der Waals surface area (Å²) in [6, 6.07) is 0. The van der Waals surface area contributed by atoms with Crippen molar-refractivity contribution in [2.75, 3.05) is 0 Å². The highest BCUT2D eigenvalue weighted by atomic mass is 16.4. The molecule has 4 nitrogen and oxygen atoms in total. The average Bonchev–Trinajstić information content (AvgIpc) is 2.52. The maximum absolute atomic E-state index is 11.6. The zero-order valence-corrected chi connectivity index (χ0v) is 14.1. The minimum absolute atomic E-state index is 0.123. The Labute approximate surface area is 139 Å². The molecule has 0 aromatic rings. The highest BCUT2D eigenvalue weighted by Gasteiger charge is 1.98. The van der Waals surface area contributed by atoms with Crippen LogP contribution in [-0.4, -0.2) is 28.1 Å². The third kappa shape index (κ3) is 16.5. The largest absolute Gasteiger partial charge is 0.481 e. The lowest BCUT2D eigenvalue weighted by molar-refractivity contribution is -0.137. The maximum Gasteiger partial charge on any atom is 0.303 e. The lowest BCUT2D eigenvalue weighted by Crippen LogP contribution is -1.97. The van der Waals surface area contributed by atoms with E-state index in [9.17, 15) is 14.7 Å². The standard InChI is InChI=1S/C19H30O4/c1-2-17(20)13-9-7-8-11-15-18(21)14-10-5-3-4-6-12-16-19(22)23/h7-9,11,13,15,17,20H,2-6,10,12,14,16H2,1H3,(H,22,23). The molecule has 0 saturated carbocycles. The van der Waals surface area contributed by atoms with Crippen LogP contribution < -0.4 is 0 Å². The Bertz CT molecular complexity index is 408. The molecule has 0 saturated heterocycles. The summed E-state index contributed by atoms with van der Waals surface area (Å²) in [5.74, 6) is -0.605. The molecule has 0 aliphatic rings. The van der Waals surface area contributed by atoms with Crippen LogP contribution in [0.4, 0.5) is 0 Å². The summed E-state index contributed by atoms with van der Waals surface area (Å²) < 4.78 is 0. The summed E-state index contributed by atoms with van der Waals surface area (Å²) in [6.07, 6.45) is 17.1. The predicted molar refractivity (Wildman–Crippen MR) is 93.3 cm³/mol. The molecule has 0 amide bonds. The number of carboxylic acid groups (broad SMARTS) is 1. The molecule has 2 N–H and O–H groups in total. The van der Waals surface area contributed by atoms with E-state index in [1.807, 2.05) is 6.92 Å². The van der Waals surface area contributed by atoms with E-state index < -0.39 is 12.1 Å². The van der Waals surface area contributed by atoms with Crippen molar-refractivity contribution in [3.8, 4) is 0 Å². The zero-order valence-electron chi connectivity index (χ0n) is 14.1. The normalized spacial score (nSPS) is 13.3. The molecule has 0 aromatic carbocycles. The predicted octanol–water partition coefficient (Wildman–Crippen LogP) is 4.20. The van der Waals surface area contributed by atoms with E-state index in [0.717, 1.165) is 38.5 Å². The molecule has 0 aliphatic carbocycles. The first-order valence-electron chi connectivity index (χ1n) is 8.50. The van der Waals surface area contributed by atoms with Gasteiger partial charge in [0.1, 0.15) is 0 Å². The lowest BCUT2D eigenvalue weighted by atomic mass is 10.1. The van der Waals surface area contributed by atoms with Gasteiger partial charge < -0.3 is 10.2 Å². The number of rotatable bonds is 14. The van der Waals surface area contributed by atoms with Crippen molar-refractivity contribution in [3.05, 3.63) is 36.5 Å². The number of aliphatic hydroxyl groups excluding tert-OH is 1. The second-order valence-electron chi connectivity index (χ2n) is 5.59. The molecule has 1 atom stereocenters. The van der Waals surface area contributed by atoms with Crippen LogP contribution >= 0.6 is 0 Å². The molecule has 0 aromatic heterocycles. The first-order chi connectivity index (χ1) is 11.1. The fraction of sp³-hybridized carbons (Fsp3) is 0.579. The van der Waals surface area contributed by atoms with Crippen LogP contribution in [0.15, 0.2) is 36.5 Å². The third-order valence-electron chi connectivity index (χ3n) is 3.43. The Hall–Kier alpha value is -1.68. The van der Waals surface area contributed by atoms with Gasteiger partial charge in [-0.3, -0.25) is 9.59 Å². The van der Waals surface area contributed by atoms with Crippen molar-refractivity contribution in [1.29, 1.82) is 0 Å². The Morgan fingerprint density at radius 2 is 1.43 bits per heavy atom. The molecule has 0 heterocycles. The molecule has 0 spiro atoms. The number of unbranched alkanes of at least 4 members (excludes halogenated alkanes) is 5. The lowest BCUT2D eigenvalue weighted by Gasteiger charge is -1.99. The van der Waals surface area contributed by atoms with Gasteiger partial charge in [0.05, 0.1) is 6.10 Å². The van der Waals surface area contributed by atoms with Crippen LogP contribution in [-0.2, 0) is 9.59 Å². The number of aliphatic carboxylic acids is 1. The summed E-state index contributed by atoms with van der Waals surface area (Å²) in [5.41, 5.74) is 0. The van der Waals surface area contributed by atoms with Gasteiger partial charge in [-0.25, -0.2) is 0 Å². The van der Waals surface area contributed by atoms with Crippen molar-refractivity contribution >= 4 is 11.8 Å². The van der Waals surface area contributed by atoms with Crippen LogP contribution in [0.1, 0.15) is 64.7 Å². The molecule has 0 bridgehead atoms. The monoisotopic (exact) mass is 322 g/mol. The van der Waals surface area contributed by atoms with E-state index >= 15 is 0 Å². The van der Waals surface area contributed by atoms with Crippen LogP contribution in [0.25, 0.3) is 0 Å². The van der Waals surface area contributed by atoms with E-state index in [1.54, 1.807) is 36.5 Å². The van der Waals surface area contributed by atoms with Gasteiger partial charge in [0, 0.05) is 12.8 Å². The van der Waals surface area contributed by atoms with Crippen LogP contribution in [0.5, 0.6) is 0 Å². The molecule has 0 rings (SSSR count). The van der Waals surface area contributed by atoms with E-state index in [4.69, 9.17) is 5.11 Å². The molecule has 0 radical (unpaired) electrons. The summed E-state index contributed by atoms with van der Waals surface area (Å²) in [4.78, 5) is 21.9. The zero-order chi connectivity index (χ0) is 17.3. The highest BCUT2D eigenvalue weighted by molar-refractivity contribution is 5.89. The fourth-order valence-corrected chi connectivity index (χ4v) is 1.99. The van der Waals surface area contributed by atoms with Gasteiger partial charge in [0.15, 0.2) is 5.78 Å². The topological polar surface area (TPSA) is 74.6 Å². The number of allylic oxidation sites excluding steroid dienone is 5. The Balaban J connectivity index is 3.56. The molecule has 4 heteroatoms. The van der Waals surface area contributed by atoms with Crippen molar-refractivity contribution in [2.24, 2.45) is 0 Å². The average molecular weight is 322 g/mol. The van der Waals surface area contributed by atoms with Gasteiger partial charge in [-0.1, -0.05) is 63.0 Å². The highest BCUT2D eigenvalue weighted by Crippen LogP contribution is 2.09. The van der Waals surface area contributed by atoms with Gasteiger partial charge in [0.25, 0.3) is 0 Å². The van der Waals surface area contributed by atoms with E-state index in [1.165, 1.54) is 0 Å². The van der Waals surface area contributed by atoms with Crippen molar-refractivity contribution in [2.45, 2.75) is 70.8 Å². The third-order valence-corrected chi connectivity index (χ3v) is 3.43. The van der Waals surface area contributed by atoms with Crippen molar-refractivity contribution in [3.63, 3.8) is 0 Å². The van der Waals surface area contributed by atoms with Gasteiger partial charge in [-0.15, -0.1) is 0 Å². The first-order valence-corrected chi connectivity index (χ1v) is 8.50. The van der Waals surface area contributed by atoms with Gasteiger partial charge in [-0.2, -0.15) is 0 Å². The molecule has 130 valence electrons. The molecule has 0 fully saturated rings. The molecule has 23 heavy (non-hydrogen) atoms. The summed E-state index contributed by atoms with van der Waals surface area (Å²) in [6.45, 7) is 1.91. The van der Waals surface area contributed by atoms with Crippen LogP contribution in [0.3, 0.4) is 0 Å². The van der Waals surface area contributed by atoms with Gasteiger partial charge >= 0.3 is 5.97 Å². The van der Waals surface area contributed by atoms with Crippen LogP contribution in [0.2, 0.25) is 0 Å². The Kier molecular flexibility index (Phi) is 14.1. The number of carbonyl (C=O) groups excluding carboxylic acids is 1. The summed E-state index contributed by atoms with van der Waals surface area (Å²) in [7, 11) is 0. The summed E-state index contributed by atoms with van der Waals surface area (Å²) in [5, 5.41) is 17.8. The SMILES string of the molecule is CCC(O)C=CC=CC=CC(=O)CCCCCCCCC(=O)O. The quantitative estimate of drug-likeness (QED) is 0.285. The molecule has 1 unspecified atom stereocenters. The minimum Gasteiger partial charge on any atom is -0.481 e. The second kappa shape index (κ2) is 15.2. The molecular weight excluding hydrogens is 292 g/mol. The van der Waals surface area contributed by atoms with E-state index in [-0.39, 0.29) is 12.2 Å². The minimum atomic E-state index is -0.728. The smallest absolute Gasteiger partial charge is 0.303 e. The van der Waals surface area contributed by atoms with Crippen molar-refractivity contribution < 1.29 is 19.8 Å². The number of ketones is 1. The Morgan fingerprint density at radius 3 is 2.04 bits per heavy atom. The molecular formula is C19H30O4.